The number of hydrogen-bond donors (Lipinski definition) is 0. The van der Waals surface area contributed by atoms with Crippen molar-refractivity contribution in [3.63, 3.8) is 0 Å². The summed E-state index contributed by atoms with van der Waals surface area (Å²) in [7, 11) is -2.92. The molecule has 1 fully saturated rings. The molecule has 1 saturated heterocycles. The van der Waals surface area contributed by atoms with Crippen molar-refractivity contribution >= 4 is 27.1 Å². The second kappa shape index (κ2) is 5.46. The molecule has 5 nitrogen and oxygen atoms in total. The summed E-state index contributed by atoms with van der Waals surface area (Å²) >= 11 is 6.25. The summed E-state index contributed by atoms with van der Waals surface area (Å²) in [5, 5.41) is 10.3. The van der Waals surface area contributed by atoms with Crippen LogP contribution in [0, 0.1) is 16.0 Å². The lowest BCUT2D eigenvalue weighted by molar-refractivity contribution is -0.384. The lowest BCUT2D eigenvalue weighted by Crippen LogP contribution is -2.18. The summed E-state index contributed by atoms with van der Waals surface area (Å²) in [5.41, 5.74) is 0.924. The van der Waals surface area contributed by atoms with Gasteiger partial charge in [0.05, 0.1) is 16.4 Å². The number of non-ortho nitro benzene ring substituents is 1. The first kappa shape index (κ1) is 14.3. The van der Waals surface area contributed by atoms with E-state index in [4.69, 9.17) is 11.6 Å². The normalized spacial score (nSPS) is 23.1. The van der Waals surface area contributed by atoms with Gasteiger partial charge in [-0.3, -0.25) is 10.1 Å². The van der Waals surface area contributed by atoms with Crippen LogP contribution in [0.4, 0.5) is 5.69 Å². The molecule has 0 aromatic heterocycles. The Kier molecular flexibility index (Phi) is 4.10. The maximum absolute atomic E-state index is 11.4. The molecular formula is C12H14ClNO4S. The zero-order valence-corrected chi connectivity index (χ0v) is 11.7. The maximum Gasteiger partial charge on any atom is 0.269 e. The molecule has 0 saturated carbocycles. The van der Waals surface area contributed by atoms with Crippen LogP contribution in [0.15, 0.2) is 24.3 Å². The Bertz CT molecular complexity index is 570. The molecule has 104 valence electrons. The second-order valence-corrected chi connectivity index (χ2v) is 7.60. The van der Waals surface area contributed by atoms with Crippen molar-refractivity contribution in [1.82, 2.24) is 0 Å². The zero-order chi connectivity index (χ0) is 14.0. The fraction of sp³-hybridized carbons (Fsp3) is 0.500. The Morgan fingerprint density at radius 2 is 2.00 bits per heavy atom. The third kappa shape index (κ3) is 3.67. The molecular weight excluding hydrogens is 290 g/mol. The zero-order valence-electron chi connectivity index (χ0n) is 10.2. The average Bonchev–Trinajstić information content (AvgIpc) is 2.70. The van der Waals surface area contributed by atoms with Crippen molar-refractivity contribution in [3.8, 4) is 0 Å². The monoisotopic (exact) mass is 303 g/mol. The highest BCUT2D eigenvalue weighted by Crippen LogP contribution is 2.27. The summed E-state index contributed by atoms with van der Waals surface area (Å²) in [6.45, 7) is 0. The van der Waals surface area contributed by atoms with Crippen LogP contribution in [0.1, 0.15) is 12.0 Å². The number of sulfone groups is 1. The van der Waals surface area contributed by atoms with Gasteiger partial charge in [0.25, 0.3) is 5.69 Å². The van der Waals surface area contributed by atoms with E-state index >= 15 is 0 Å². The summed E-state index contributed by atoms with van der Waals surface area (Å²) in [5.74, 6) is 0.330. The minimum absolute atomic E-state index is 0.0261. The Morgan fingerprint density at radius 3 is 2.47 bits per heavy atom. The molecule has 1 aliphatic heterocycles. The fourth-order valence-corrected chi connectivity index (χ4v) is 4.63. The highest BCUT2D eigenvalue weighted by Gasteiger charge is 2.32. The van der Waals surface area contributed by atoms with E-state index in [-0.39, 0.29) is 28.5 Å². The van der Waals surface area contributed by atoms with Gasteiger partial charge < -0.3 is 0 Å². The van der Waals surface area contributed by atoms with E-state index in [1.165, 1.54) is 12.1 Å². The lowest BCUT2D eigenvalue weighted by atomic mass is 9.98. The molecule has 2 atom stereocenters. The van der Waals surface area contributed by atoms with Crippen molar-refractivity contribution in [3.05, 3.63) is 39.9 Å². The van der Waals surface area contributed by atoms with E-state index in [0.717, 1.165) is 5.56 Å². The number of nitro groups is 1. The molecule has 1 aromatic carbocycles. The number of alkyl halides is 1. The van der Waals surface area contributed by atoms with Crippen LogP contribution in [-0.2, 0) is 16.3 Å². The van der Waals surface area contributed by atoms with Crippen LogP contribution in [0.3, 0.4) is 0 Å². The van der Waals surface area contributed by atoms with Crippen LogP contribution in [0.2, 0.25) is 0 Å². The third-order valence-electron chi connectivity index (χ3n) is 3.36. The van der Waals surface area contributed by atoms with Gasteiger partial charge in [0, 0.05) is 17.5 Å². The van der Waals surface area contributed by atoms with Crippen LogP contribution in [0.25, 0.3) is 0 Å². The average molecular weight is 304 g/mol. The first-order valence-electron chi connectivity index (χ1n) is 5.95. The fourth-order valence-electron chi connectivity index (χ4n) is 2.25. The molecule has 2 unspecified atom stereocenters. The van der Waals surface area contributed by atoms with E-state index < -0.39 is 14.8 Å². The molecule has 1 aliphatic rings. The molecule has 0 amide bonds. The maximum atomic E-state index is 11.4. The van der Waals surface area contributed by atoms with Gasteiger partial charge in [0.2, 0.25) is 0 Å². The van der Waals surface area contributed by atoms with E-state index in [1.54, 1.807) is 12.1 Å². The SMILES string of the molecule is O=[N+]([O-])c1ccc(CC(Cl)C2CCS(=O)(=O)C2)cc1. The smallest absolute Gasteiger partial charge is 0.258 e. The number of hydrogen-bond acceptors (Lipinski definition) is 4. The highest BCUT2D eigenvalue weighted by atomic mass is 35.5. The van der Waals surface area contributed by atoms with Gasteiger partial charge in [0.1, 0.15) is 0 Å². The predicted octanol–water partition coefficient (Wildman–Crippen LogP) is 2.18. The molecule has 0 N–H and O–H groups in total. The van der Waals surface area contributed by atoms with E-state index in [9.17, 15) is 18.5 Å². The Morgan fingerprint density at radius 1 is 1.37 bits per heavy atom. The van der Waals surface area contributed by atoms with Gasteiger partial charge >= 0.3 is 0 Å². The van der Waals surface area contributed by atoms with Crippen LogP contribution < -0.4 is 0 Å². The van der Waals surface area contributed by atoms with Crippen molar-refractivity contribution in [2.75, 3.05) is 11.5 Å². The minimum Gasteiger partial charge on any atom is -0.258 e. The number of rotatable bonds is 4. The molecule has 19 heavy (non-hydrogen) atoms. The summed E-state index contributed by atoms with van der Waals surface area (Å²) in [6, 6.07) is 6.20. The van der Waals surface area contributed by atoms with Crippen molar-refractivity contribution in [2.45, 2.75) is 18.2 Å². The first-order valence-corrected chi connectivity index (χ1v) is 8.21. The molecule has 0 aliphatic carbocycles. The van der Waals surface area contributed by atoms with Gasteiger partial charge in [-0.15, -0.1) is 11.6 Å². The minimum atomic E-state index is -2.92. The van der Waals surface area contributed by atoms with E-state index in [1.807, 2.05) is 0 Å². The molecule has 0 bridgehead atoms. The predicted molar refractivity (Wildman–Crippen MR) is 73.2 cm³/mol. The molecule has 1 heterocycles. The molecule has 0 spiro atoms. The van der Waals surface area contributed by atoms with E-state index in [0.29, 0.717) is 12.8 Å². The largest absolute Gasteiger partial charge is 0.269 e. The number of nitrogens with zero attached hydrogens (tertiary/aromatic N) is 1. The lowest BCUT2D eigenvalue weighted by Gasteiger charge is -2.15. The standard InChI is InChI=1S/C12H14ClNO4S/c13-12(10-5-6-19(17,18)8-10)7-9-1-3-11(4-2-9)14(15)16/h1-4,10,12H,5-8H2. The quantitative estimate of drug-likeness (QED) is 0.485. The van der Waals surface area contributed by atoms with E-state index in [2.05, 4.69) is 0 Å². The summed E-state index contributed by atoms with van der Waals surface area (Å²) in [4.78, 5) is 10.1. The molecule has 2 rings (SSSR count). The van der Waals surface area contributed by atoms with Gasteiger partial charge in [-0.2, -0.15) is 0 Å². The molecule has 7 heteroatoms. The molecule has 0 radical (unpaired) electrons. The summed E-state index contributed by atoms with van der Waals surface area (Å²) < 4.78 is 22.8. The highest BCUT2D eigenvalue weighted by molar-refractivity contribution is 7.91. The number of nitro benzene ring substituents is 1. The third-order valence-corrected chi connectivity index (χ3v) is 5.66. The summed E-state index contributed by atoms with van der Waals surface area (Å²) in [6.07, 6.45) is 1.13. The van der Waals surface area contributed by atoms with Crippen LogP contribution in [0.5, 0.6) is 0 Å². The van der Waals surface area contributed by atoms with Gasteiger partial charge in [-0.25, -0.2) is 8.42 Å². The second-order valence-electron chi connectivity index (χ2n) is 4.81. The topological polar surface area (TPSA) is 77.3 Å². The van der Waals surface area contributed by atoms with Gasteiger partial charge in [-0.05, 0) is 24.3 Å². The molecule has 1 aromatic rings. The first-order chi connectivity index (χ1) is 8.87. The Balaban J connectivity index is 1.99. The Labute approximate surface area is 116 Å². The van der Waals surface area contributed by atoms with Gasteiger partial charge in [-0.1, -0.05) is 12.1 Å². The van der Waals surface area contributed by atoms with Crippen LogP contribution >= 0.6 is 11.6 Å². The number of benzene rings is 1. The van der Waals surface area contributed by atoms with Crippen molar-refractivity contribution in [2.24, 2.45) is 5.92 Å². The Hall–Kier alpha value is -1.14. The number of halogens is 1. The van der Waals surface area contributed by atoms with Crippen molar-refractivity contribution < 1.29 is 13.3 Å². The van der Waals surface area contributed by atoms with Crippen LogP contribution in [-0.4, -0.2) is 30.2 Å². The van der Waals surface area contributed by atoms with Gasteiger partial charge in [0.15, 0.2) is 9.84 Å². The van der Waals surface area contributed by atoms with Crippen molar-refractivity contribution in [1.29, 1.82) is 0 Å².